The van der Waals surface area contributed by atoms with Gasteiger partial charge >= 0.3 is 0 Å². The quantitative estimate of drug-likeness (QED) is 0.769. The van der Waals surface area contributed by atoms with Gasteiger partial charge in [0, 0.05) is 6.42 Å². The molecule has 0 fully saturated rings. The fraction of sp³-hybridized carbons (Fsp3) is 0.158. The van der Waals surface area contributed by atoms with E-state index in [4.69, 9.17) is 15.3 Å². The summed E-state index contributed by atoms with van der Waals surface area (Å²) in [6, 6.07) is 17.3. The molecular weight excluding hydrogens is 332 g/mol. The molecule has 0 atom stereocenters. The Morgan fingerprint density at radius 3 is 1.96 bits per heavy atom. The topological polar surface area (TPSA) is 115 Å². The summed E-state index contributed by atoms with van der Waals surface area (Å²) in [7, 11) is 0. The summed E-state index contributed by atoms with van der Waals surface area (Å²) in [5.41, 5.74) is 6.57. The van der Waals surface area contributed by atoms with Crippen molar-refractivity contribution in [3.05, 3.63) is 65.2 Å². The number of benzene rings is 2. The molecule has 0 unspecified atom stereocenters. The lowest BCUT2D eigenvalue weighted by molar-refractivity contribution is -0.130. The number of ether oxygens (including phenoxy) is 1. The zero-order chi connectivity index (χ0) is 18.8. The standard InChI is InChI=1S/C19H16N4O3/c20-11-15-3-1-14(2-4-15)7-10-18(24)22-23-19(25)13-26-17-8-5-16(12-21)6-9-17/h1-6,8-9H,7,10,13H2,(H,22,24)(H,23,25). The van der Waals surface area contributed by atoms with Crippen molar-refractivity contribution in [1.29, 1.82) is 10.5 Å². The average molecular weight is 348 g/mol. The Morgan fingerprint density at radius 1 is 0.846 bits per heavy atom. The summed E-state index contributed by atoms with van der Waals surface area (Å²) in [6.45, 7) is -0.262. The molecule has 7 heteroatoms. The summed E-state index contributed by atoms with van der Waals surface area (Å²) in [6.07, 6.45) is 0.692. The molecule has 2 amide bonds. The number of hydrogen-bond donors (Lipinski definition) is 2. The third-order valence-corrected chi connectivity index (χ3v) is 3.42. The van der Waals surface area contributed by atoms with Crippen LogP contribution in [0.4, 0.5) is 0 Å². The molecular formula is C19H16N4O3. The monoisotopic (exact) mass is 348 g/mol. The van der Waals surface area contributed by atoms with Crippen LogP contribution in [-0.4, -0.2) is 18.4 Å². The fourth-order valence-corrected chi connectivity index (χ4v) is 2.02. The van der Waals surface area contributed by atoms with Crippen molar-refractivity contribution in [3.63, 3.8) is 0 Å². The van der Waals surface area contributed by atoms with E-state index in [0.29, 0.717) is 23.3 Å². The summed E-state index contributed by atoms with van der Waals surface area (Å²) in [4.78, 5) is 23.4. The second-order valence-corrected chi connectivity index (χ2v) is 5.33. The molecule has 0 bridgehead atoms. The predicted octanol–water partition coefficient (Wildman–Crippen LogP) is 1.59. The first-order valence-corrected chi connectivity index (χ1v) is 7.80. The number of amides is 2. The minimum absolute atomic E-state index is 0.197. The van der Waals surface area contributed by atoms with E-state index < -0.39 is 5.91 Å². The molecule has 2 aromatic carbocycles. The Bertz CT molecular complexity index is 773. The molecule has 130 valence electrons. The first-order chi connectivity index (χ1) is 12.6. The van der Waals surface area contributed by atoms with Gasteiger partial charge < -0.3 is 4.74 Å². The van der Waals surface area contributed by atoms with Gasteiger partial charge in [-0.15, -0.1) is 0 Å². The lowest BCUT2D eigenvalue weighted by Crippen LogP contribution is -2.43. The highest BCUT2D eigenvalue weighted by molar-refractivity contribution is 5.82. The lowest BCUT2D eigenvalue weighted by atomic mass is 10.1. The van der Waals surface area contributed by atoms with Gasteiger partial charge in [0.1, 0.15) is 5.75 Å². The normalized spacial score (nSPS) is 9.46. The average Bonchev–Trinajstić information content (AvgIpc) is 2.69. The van der Waals surface area contributed by atoms with Crippen LogP contribution in [-0.2, 0) is 16.0 Å². The van der Waals surface area contributed by atoms with Gasteiger partial charge in [0.25, 0.3) is 5.91 Å². The highest BCUT2D eigenvalue weighted by Gasteiger charge is 2.06. The largest absolute Gasteiger partial charge is 0.484 e. The van der Waals surface area contributed by atoms with Gasteiger partial charge in [-0.1, -0.05) is 12.1 Å². The summed E-state index contributed by atoms with van der Waals surface area (Å²) in [5, 5.41) is 17.4. The van der Waals surface area contributed by atoms with Gasteiger partial charge in [0.05, 0.1) is 23.3 Å². The van der Waals surface area contributed by atoms with E-state index in [2.05, 4.69) is 10.9 Å². The summed E-state index contributed by atoms with van der Waals surface area (Å²) in [5.74, 6) is -0.381. The van der Waals surface area contributed by atoms with Gasteiger partial charge in [-0.25, -0.2) is 0 Å². The van der Waals surface area contributed by atoms with Crippen LogP contribution in [0.25, 0.3) is 0 Å². The molecule has 2 aromatic rings. The number of aryl methyl sites for hydroxylation is 1. The number of hydrogen-bond acceptors (Lipinski definition) is 5. The molecule has 7 nitrogen and oxygen atoms in total. The zero-order valence-corrected chi connectivity index (χ0v) is 13.9. The highest BCUT2D eigenvalue weighted by Crippen LogP contribution is 2.11. The predicted molar refractivity (Wildman–Crippen MR) is 92.4 cm³/mol. The van der Waals surface area contributed by atoms with Crippen molar-refractivity contribution in [3.8, 4) is 17.9 Å². The molecule has 0 spiro atoms. The van der Waals surface area contributed by atoms with Crippen molar-refractivity contribution in [2.75, 3.05) is 6.61 Å². The number of nitrogens with zero attached hydrogens (tertiary/aromatic N) is 2. The van der Waals surface area contributed by atoms with E-state index >= 15 is 0 Å². The van der Waals surface area contributed by atoms with Crippen molar-refractivity contribution in [1.82, 2.24) is 10.9 Å². The minimum Gasteiger partial charge on any atom is -0.484 e. The van der Waals surface area contributed by atoms with E-state index in [1.165, 1.54) is 0 Å². The maximum Gasteiger partial charge on any atom is 0.276 e. The third-order valence-electron chi connectivity index (χ3n) is 3.42. The molecule has 26 heavy (non-hydrogen) atoms. The first kappa shape index (κ1) is 18.5. The van der Waals surface area contributed by atoms with Gasteiger partial charge in [-0.05, 0) is 48.4 Å². The van der Waals surface area contributed by atoms with Crippen molar-refractivity contribution in [2.45, 2.75) is 12.8 Å². The van der Waals surface area contributed by atoms with Crippen LogP contribution in [0, 0.1) is 22.7 Å². The maximum atomic E-state index is 11.7. The van der Waals surface area contributed by atoms with Crippen molar-refractivity contribution in [2.24, 2.45) is 0 Å². The van der Waals surface area contributed by atoms with Crippen LogP contribution in [0.5, 0.6) is 5.75 Å². The number of carbonyl (C=O) groups is 2. The lowest BCUT2D eigenvalue weighted by Gasteiger charge is -2.09. The van der Waals surface area contributed by atoms with Crippen molar-refractivity contribution < 1.29 is 14.3 Å². The number of nitrogens with one attached hydrogen (secondary N) is 2. The van der Waals surface area contributed by atoms with E-state index in [1.807, 2.05) is 12.1 Å². The van der Waals surface area contributed by atoms with Crippen LogP contribution >= 0.6 is 0 Å². The third kappa shape index (κ3) is 5.99. The molecule has 0 aliphatic heterocycles. The smallest absolute Gasteiger partial charge is 0.276 e. The molecule has 0 saturated carbocycles. The highest BCUT2D eigenvalue weighted by atomic mass is 16.5. The Kier molecular flexibility index (Phi) is 6.73. The van der Waals surface area contributed by atoms with Crippen LogP contribution in [0.15, 0.2) is 48.5 Å². The van der Waals surface area contributed by atoms with Crippen LogP contribution < -0.4 is 15.6 Å². The fourth-order valence-electron chi connectivity index (χ4n) is 2.02. The minimum atomic E-state index is -0.499. The van der Waals surface area contributed by atoms with Gasteiger partial charge in [-0.2, -0.15) is 10.5 Å². The zero-order valence-electron chi connectivity index (χ0n) is 13.9. The molecule has 0 saturated heterocycles. The second-order valence-electron chi connectivity index (χ2n) is 5.33. The van der Waals surface area contributed by atoms with E-state index in [9.17, 15) is 9.59 Å². The van der Waals surface area contributed by atoms with Crippen LogP contribution in [0.3, 0.4) is 0 Å². The molecule has 0 radical (unpaired) electrons. The van der Waals surface area contributed by atoms with Crippen molar-refractivity contribution >= 4 is 11.8 Å². The Labute approximate surface area is 150 Å². The molecule has 0 heterocycles. The second kappa shape index (κ2) is 9.45. The van der Waals surface area contributed by atoms with E-state index in [-0.39, 0.29) is 18.9 Å². The Hall–Kier alpha value is -3.84. The molecule has 2 rings (SSSR count). The molecule has 0 aromatic heterocycles. The van der Waals surface area contributed by atoms with Gasteiger partial charge in [0.2, 0.25) is 5.91 Å². The molecule has 0 aliphatic rings. The Balaban J connectivity index is 1.66. The molecule has 2 N–H and O–H groups in total. The SMILES string of the molecule is N#Cc1ccc(CCC(=O)NNC(=O)COc2ccc(C#N)cc2)cc1. The van der Waals surface area contributed by atoms with Crippen LogP contribution in [0.1, 0.15) is 23.1 Å². The van der Waals surface area contributed by atoms with Gasteiger partial charge in [0.15, 0.2) is 6.61 Å². The Morgan fingerprint density at radius 2 is 1.38 bits per heavy atom. The number of hydrazine groups is 1. The van der Waals surface area contributed by atoms with E-state index in [0.717, 1.165) is 5.56 Å². The van der Waals surface area contributed by atoms with Gasteiger partial charge in [-0.3, -0.25) is 20.4 Å². The number of nitriles is 2. The van der Waals surface area contributed by atoms with Crippen LogP contribution in [0.2, 0.25) is 0 Å². The maximum absolute atomic E-state index is 11.7. The summed E-state index contributed by atoms with van der Waals surface area (Å²) < 4.78 is 5.25. The summed E-state index contributed by atoms with van der Waals surface area (Å²) >= 11 is 0. The molecule has 0 aliphatic carbocycles. The number of rotatable bonds is 6. The van der Waals surface area contributed by atoms with E-state index in [1.54, 1.807) is 48.5 Å². The number of carbonyl (C=O) groups excluding carboxylic acids is 2. The first-order valence-electron chi connectivity index (χ1n) is 7.80.